The Morgan fingerprint density at radius 2 is 1.67 bits per heavy atom. The molecule has 0 aromatic rings. The third kappa shape index (κ3) is 3.49. The maximum atomic E-state index is 5.83. The molecule has 0 N–H and O–H groups in total. The molecule has 0 fully saturated rings. The summed E-state index contributed by atoms with van der Waals surface area (Å²) in [6, 6.07) is 0. The van der Waals surface area contributed by atoms with Gasteiger partial charge in [0.2, 0.25) is 0 Å². The second-order valence-electron chi connectivity index (χ2n) is 3.03. The number of hydrogen-bond acceptors (Lipinski definition) is 0. The lowest BCUT2D eigenvalue weighted by Crippen LogP contribution is -2.32. The fourth-order valence-electron chi connectivity index (χ4n) is 0.924. The van der Waals surface area contributed by atoms with E-state index < -0.39 is 4.84 Å². The van der Waals surface area contributed by atoms with Crippen molar-refractivity contribution in [3.05, 3.63) is 0 Å². The highest BCUT2D eigenvalue weighted by Gasteiger charge is 2.34. The first kappa shape index (κ1) is 13.2. The van der Waals surface area contributed by atoms with Gasteiger partial charge in [0.15, 0.2) is 0 Å². The summed E-state index contributed by atoms with van der Waals surface area (Å²) in [7, 11) is 0. The van der Waals surface area contributed by atoms with Gasteiger partial charge in [0, 0.05) is 17.2 Å². The van der Waals surface area contributed by atoms with Crippen molar-refractivity contribution >= 4 is 46.4 Å². The molecule has 0 aromatic carbocycles. The molecule has 0 spiro atoms. The topological polar surface area (TPSA) is 0 Å². The normalized spacial score (nSPS) is 12.5. The molecular formula is C8H14Cl4. The van der Waals surface area contributed by atoms with E-state index in [0.29, 0.717) is 11.8 Å². The van der Waals surface area contributed by atoms with Crippen LogP contribution in [-0.4, -0.2) is 16.6 Å². The van der Waals surface area contributed by atoms with E-state index in [1.54, 1.807) is 0 Å². The Kier molecular flexibility index (Phi) is 7.23. The van der Waals surface area contributed by atoms with E-state index in [1.165, 1.54) is 0 Å². The van der Waals surface area contributed by atoms with Crippen LogP contribution < -0.4 is 0 Å². The number of rotatable bonds is 6. The van der Waals surface area contributed by atoms with Crippen LogP contribution in [0.4, 0.5) is 0 Å². The predicted octanol–water partition coefficient (Wildman–Crippen LogP) is 4.44. The van der Waals surface area contributed by atoms with Crippen LogP contribution in [0.25, 0.3) is 0 Å². The summed E-state index contributed by atoms with van der Waals surface area (Å²) in [5, 5.41) is 0. The van der Waals surface area contributed by atoms with Crippen LogP contribution in [-0.2, 0) is 0 Å². The fourth-order valence-corrected chi connectivity index (χ4v) is 2.63. The van der Waals surface area contributed by atoms with Crippen molar-refractivity contribution in [2.75, 3.05) is 11.8 Å². The number of hydrogen-bond donors (Lipinski definition) is 0. The molecule has 0 aromatic heterocycles. The molecule has 0 nitrogen and oxygen atoms in total. The van der Waals surface area contributed by atoms with E-state index in [1.807, 2.05) is 0 Å². The molecule has 0 amide bonds. The van der Waals surface area contributed by atoms with E-state index in [2.05, 4.69) is 6.92 Å². The molecule has 4 heteroatoms. The molecule has 0 atom stereocenters. The third-order valence-corrected chi connectivity index (χ3v) is 4.01. The first-order valence-electron chi connectivity index (χ1n) is 4.03. The van der Waals surface area contributed by atoms with Gasteiger partial charge in [0.25, 0.3) is 0 Å². The molecule has 0 aliphatic rings. The smallest absolute Gasteiger partial charge is 0.115 e. The molecule has 0 saturated heterocycles. The van der Waals surface area contributed by atoms with Gasteiger partial charge < -0.3 is 0 Å². The molecule has 0 bridgehead atoms. The zero-order valence-corrected chi connectivity index (χ0v) is 10.1. The minimum Gasteiger partial charge on any atom is -0.126 e. The van der Waals surface area contributed by atoms with Crippen molar-refractivity contribution in [1.29, 1.82) is 0 Å². The molecule has 0 unspecified atom stereocenters. The van der Waals surface area contributed by atoms with Crippen LogP contribution in [0.15, 0.2) is 0 Å². The molecule has 0 rings (SSSR count). The van der Waals surface area contributed by atoms with E-state index >= 15 is 0 Å². The molecule has 0 radical (unpaired) electrons. The van der Waals surface area contributed by atoms with Gasteiger partial charge in [-0.25, -0.2) is 0 Å². The van der Waals surface area contributed by atoms with E-state index in [-0.39, 0.29) is 5.41 Å². The van der Waals surface area contributed by atoms with Crippen molar-refractivity contribution in [3.8, 4) is 0 Å². The summed E-state index contributed by atoms with van der Waals surface area (Å²) in [6.45, 7) is 2.12. The van der Waals surface area contributed by atoms with Gasteiger partial charge in [0.1, 0.15) is 4.84 Å². The molecular weight excluding hydrogens is 238 g/mol. The summed E-state index contributed by atoms with van der Waals surface area (Å²) < 4.78 is 0. The SMILES string of the molecule is CCCCC(CCl)(CCl)C(Cl)Cl. The van der Waals surface area contributed by atoms with Crippen LogP contribution >= 0.6 is 46.4 Å². The lowest BCUT2D eigenvalue weighted by molar-refractivity contribution is 0.362. The van der Waals surface area contributed by atoms with Crippen LogP contribution in [0.5, 0.6) is 0 Å². The van der Waals surface area contributed by atoms with Crippen molar-refractivity contribution < 1.29 is 0 Å². The third-order valence-electron chi connectivity index (χ3n) is 2.02. The molecule has 0 saturated carbocycles. The van der Waals surface area contributed by atoms with E-state index in [4.69, 9.17) is 46.4 Å². The maximum Gasteiger partial charge on any atom is 0.115 e. The highest BCUT2D eigenvalue weighted by Crippen LogP contribution is 2.37. The van der Waals surface area contributed by atoms with Gasteiger partial charge in [-0.05, 0) is 6.42 Å². The number of unbranched alkanes of at least 4 members (excludes halogenated alkanes) is 1. The molecule has 0 aliphatic carbocycles. The lowest BCUT2D eigenvalue weighted by atomic mass is 9.89. The molecule has 74 valence electrons. The zero-order valence-electron chi connectivity index (χ0n) is 7.12. The molecule has 12 heavy (non-hydrogen) atoms. The monoisotopic (exact) mass is 250 g/mol. The Balaban J connectivity index is 4.15. The summed E-state index contributed by atoms with van der Waals surface area (Å²) >= 11 is 23.3. The average molecular weight is 252 g/mol. The van der Waals surface area contributed by atoms with E-state index in [9.17, 15) is 0 Å². The maximum absolute atomic E-state index is 5.83. The number of alkyl halides is 4. The second-order valence-corrected chi connectivity index (χ2v) is 4.66. The van der Waals surface area contributed by atoms with Gasteiger partial charge in [-0.15, -0.1) is 46.4 Å². The van der Waals surface area contributed by atoms with Crippen LogP contribution in [0.2, 0.25) is 0 Å². The first-order chi connectivity index (χ1) is 5.63. The summed E-state index contributed by atoms with van der Waals surface area (Å²) in [6.07, 6.45) is 3.07. The van der Waals surface area contributed by atoms with Crippen molar-refractivity contribution in [3.63, 3.8) is 0 Å². The second kappa shape index (κ2) is 6.59. The van der Waals surface area contributed by atoms with Crippen molar-refractivity contribution in [2.45, 2.75) is 31.0 Å². The van der Waals surface area contributed by atoms with Crippen molar-refractivity contribution in [1.82, 2.24) is 0 Å². The van der Waals surface area contributed by atoms with Crippen LogP contribution in [0, 0.1) is 5.41 Å². The standard InChI is InChI=1S/C8H14Cl4/c1-2-3-4-8(5-9,6-10)7(11)12/h7H,2-6H2,1H3. The fraction of sp³-hybridized carbons (Fsp3) is 1.00. The van der Waals surface area contributed by atoms with Gasteiger partial charge in [0.05, 0.1) is 0 Å². The average Bonchev–Trinajstić information content (AvgIpc) is 2.07. The summed E-state index contributed by atoms with van der Waals surface area (Å²) in [4.78, 5) is -0.473. The highest BCUT2D eigenvalue weighted by atomic mass is 35.5. The van der Waals surface area contributed by atoms with E-state index in [0.717, 1.165) is 19.3 Å². The molecule has 0 aliphatic heterocycles. The van der Waals surface area contributed by atoms with Crippen LogP contribution in [0.3, 0.4) is 0 Å². The van der Waals surface area contributed by atoms with Crippen LogP contribution in [0.1, 0.15) is 26.2 Å². The Morgan fingerprint density at radius 1 is 1.17 bits per heavy atom. The van der Waals surface area contributed by atoms with Crippen molar-refractivity contribution in [2.24, 2.45) is 5.41 Å². The molecule has 0 heterocycles. The van der Waals surface area contributed by atoms with Gasteiger partial charge in [-0.2, -0.15) is 0 Å². The predicted molar refractivity (Wildman–Crippen MR) is 58.9 cm³/mol. The Hall–Kier alpha value is 1.16. The minimum absolute atomic E-state index is 0.303. The lowest BCUT2D eigenvalue weighted by Gasteiger charge is -2.30. The zero-order chi connectivity index (χ0) is 9.61. The van der Waals surface area contributed by atoms with Gasteiger partial charge in [-0.3, -0.25) is 0 Å². The number of halogens is 4. The highest BCUT2D eigenvalue weighted by molar-refractivity contribution is 6.45. The van der Waals surface area contributed by atoms with Gasteiger partial charge in [-0.1, -0.05) is 19.8 Å². The first-order valence-corrected chi connectivity index (χ1v) is 5.97. The largest absolute Gasteiger partial charge is 0.126 e. The Labute approximate surface area is 94.5 Å². The minimum atomic E-state index is -0.473. The summed E-state index contributed by atoms with van der Waals surface area (Å²) in [5.74, 6) is 0.850. The Morgan fingerprint density at radius 3 is 1.92 bits per heavy atom. The summed E-state index contributed by atoms with van der Waals surface area (Å²) in [5.41, 5.74) is -0.303. The van der Waals surface area contributed by atoms with Gasteiger partial charge >= 0.3 is 0 Å². The Bertz CT molecular complexity index is 110. The quantitative estimate of drug-likeness (QED) is 0.613.